The van der Waals surface area contributed by atoms with E-state index in [-0.39, 0.29) is 0 Å². The third-order valence-electron chi connectivity index (χ3n) is 2.30. The zero-order valence-corrected chi connectivity index (χ0v) is 9.23. The highest BCUT2D eigenvalue weighted by atomic mass is 16.5. The number of likely N-dealkylation sites (N-methyl/N-ethyl adjacent to an activating group) is 1. The predicted octanol–water partition coefficient (Wildman–Crippen LogP) is 1.69. The molecule has 0 radical (unpaired) electrons. The zero-order chi connectivity index (χ0) is 11.1. The number of hydrogen-bond donors (Lipinski definition) is 0. The molecule has 1 aromatic rings. The van der Waals surface area contributed by atoms with Crippen molar-refractivity contribution in [1.82, 2.24) is 4.90 Å². The highest BCUT2D eigenvalue weighted by molar-refractivity contribution is 5.33. The first-order valence-corrected chi connectivity index (χ1v) is 4.95. The van der Waals surface area contributed by atoms with Crippen molar-refractivity contribution in [3.63, 3.8) is 0 Å². The van der Waals surface area contributed by atoms with Crippen LogP contribution in [-0.4, -0.2) is 32.1 Å². The van der Waals surface area contributed by atoms with Crippen LogP contribution in [-0.2, 0) is 6.42 Å². The molecule has 3 nitrogen and oxygen atoms in total. The van der Waals surface area contributed by atoms with Crippen molar-refractivity contribution in [2.75, 3.05) is 27.2 Å². The number of benzene rings is 1. The maximum Gasteiger partial charge on any atom is 0.122 e. The summed E-state index contributed by atoms with van der Waals surface area (Å²) in [6, 6.07) is 10.1. The highest BCUT2D eigenvalue weighted by Gasteiger charge is 2.03. The van der Waals surface area contributed by atoms with E-state index in [2.05, 4.69) is 12.1 Å². The van der Waals surface area contributed by atoms with Gasteiger partial charge in [0.2, 0.25) is 0 Å². The first kappa shape index (κ1) is 11.5. The van der Waals surface area contributed by atoms with E-state index < -0.39 is 0 Å². The van der Waals surface area contributed by atoms with Crippen molar-refractivity contribution in [1.29, 1.82) is 5.26 Å². The van der Waals surface area contributed by atoms with Crippen molar-refractivity contribution >= 4 is 0 Å². The van der Waals surface area contributed by atoms with Crippen LogP contribution in [0.1, 0.15) is 5.56 Å². The largest absolute Gasteiger partial charge is 0.496 e. The molecule has 0 N–H and O–H groups in total. The monoisotopic (exact) mass is 204 g/mol. The van der Waals surface area contributed by atoms with E-state index in [4.69, 9.17) is 10.00 Å². The Hall–Kier alpha value is -1.53. The van der Waals surface area contributed by atoms with Gasteiger partial charge in [-0.2, -0.15) is 5.26 Å². The fraction of sp³-hybridized carbons (Fsp3) is 0.417. The van der Waals surface area contributed by atoms with Crippen LogP contribution in [0.3, 0.4) is 0 Å². The van der Waals surface area contributed by atoms with Crippen LogP contribution >= 0.6 is 0 Å². The standard InChI is InChI=1S/C12H16N2O/c1-14(10-8-13)9-7-11-5-3-4-6-12(11)15-2/h3-6H,7,9-10H2,1-2H3. The number of ether oxygens (including phenoxy) is 1. The molecule has 0 bridgehead atoms. The predicted molar refractivity (Wildman–Crippen MR) is 59.8 cm³/mol. The smallest absolute Gasteiger partial charge is 0.122 e. The Balaban J connectivity index is 2.54. The van der Waals surface area contributed by atoms with Crippen molar-refractivity contribution < 1.29 is 4.74 Å². The minimum atomic E-state index is 0.467. The lowest BCUT2D eigenvalue weighted by molar-refractivity contribution is 0.370. The third-order valence-corrected chi connectivity index (χ3v) is 2.30. The second kappa shape index (κ2) is 6.05. The van der Waals surface area contributed by atoms with Gasteiger partial charge in [0.25, 0.3) is 0 Å². The van der Waals surface area contributed by atoms with Gasteiger partial charge in [-0.25, -0.2) is 0 Å². The molecule has 1 rings (SSSR count). The summed E-state index contributed by atoms with van der Waals surface area (Å²) in [4.78, 5) is 1.99. The fourth-order valence-electron chi connectivity index (χ4n) is 1.42. The average Bonchev–Trinajstić information content (AvgIpc) is 2.27. The Morgan fingerprint density at radius 2 is 2.13 bits per heavy atom. The molecule has 0 fully saturated rings. The van der Waals surface area contributed by atoms with Gasteiger partial charge in [0.1, 0.15) is 5.75 Å². The summed E-state index contributed by atoms with van der Waals surface area (Å²) in [5.74, 6) is 0.919. The normalized spacial score (nSPS) is 10.0. The summed E-state index contributed by atoms with van der Waals surface area (Å²) >= 11 is 0. The second-order valence-electron chi connectivity index (χ2n) is 3.46. The molecular weight excluding hydrogens is 188 g/mol. The van der Waals surface area contributed by atoms with Crippen LogP contribution in [0.15, 0.2) is 24.3 Å². The Bertz CT molecular complexity index is 344. The summed E-state index contributed by atoms with van der Waals surface area (Å²) in [6.45, 7) is 1.34. The van der Waals surface area contributed by atoms with Crippen LogP contribution < -0.4 is 4.74 Å². The maximum atomic E-state index is 8.52. The van der Waals surface area contributed by atoms with E-state index in [1.165, 1.54) is 5.56 Å². The van der Waals surface area contributed by atoms with E-state index in [0.29, 0.717) is 6.54 Å². The number of para-hydroxylation sites is 1. The molecule has 0 saturated carbocycles. The summed E-state index contributed by atoms with van der Waals surface area (Å²) in [6.07, 6.45) is 0.905. The minimum absolute atomic E-state index is 0.467. The first-order valence-electron chi connectivity index (χ1n) is 4.95. The van der Waals surface area contributed by atoms with Gasteiger partial charge in [0, 0.05) is 6.54 Å². The van der Waals surface area contributed by atoms with Crippen LogP contribution in [0.25, 0.3) is 0 Å². The SMILES string of the molecule is COc1ccccc1CCN(C)CC#N. The Morgan fingerprint density at radius 3 is 2.80 bits per heavy atom. The molecule has 0 unspecified atom stereocenters. The Labute approximate surface area is 90.9 Å². The first-order chi connectivity index (χ1) is 7.27. The summed E-state index contributed by atoms with van der Waals surface area (Å²) in [5, 5.41) is 8.52. The number of rotatable bonds is 5. The molecule has 0 saturated heterocycles. The van der Waals surface area contributed by atoms with Gasteiger partial charge < -0.3 is 4.74 Å². The Morgan fingerprint density at radius 1 is 1.40 bits per heavy atom. The van der Waals surface area contributed by atoms with Crippen LogP contribution in [0.2, 0.25) is 0 Å². The molecule has 0 aliphatic carbocycles. The number of nitrogens with zero attached hydrogens (tertiary/aromatic N) is 2. The van der Waals surface area contributed by atoms with E-state index in [1.54, 1.807) is 7.11 Å². The lowest BCUT2D eigenvalue weighted by Gasteiger charge is -2.13. The van der Waals surface area contributed by atoms with Crippen LogP contribution in [0.4, 0.5) is 0 Å². The molecule has 1 aromatic carbocycles. The van der Waals surface area contributed by atoms with Crippen molar-refractivity contribution in [2.45, 2.75) is 6.42 Å². The molecule has 0 aliphatic rings. The molecule has 0 spiro atoms. The van der Waals surface area contributed by atoms with Crippen LogP contribution in [0, 0.1) is 11.3 Å². The van der Waals surface area contributed by atoms with Crippen molar-refractivity contribution in [2.24, 2.45) is 0 Å². The van der Waals surface area contributed by atoms with E-state index in [9.17, 15) is 0 Å². The molecule has 0 atom stereocenters. The Kier molecular flexibility index (Phi) is 4.65. The molecule has 15 heavy (non-hydrogen) atoms. The van der Waals surface area contributed by atoms with Gasteiger partial charge in [-0.1, -0.05) is 18.2 Å². The maximum absolute atomic E-state index is 8.52. The molecular formula is C12H16N2O. The third kappa shape index (κ3) is 3.61. The lowest BCUT2D eigenvalue weighted by Crippen LogP contribution is -2.21. The molecule has 3 heteroatoms. The second-order valence-corrected chi connectivity index (χ2v) is 3.46. The van der Waals surface area contributed by atoms with Gasteiger partial charge in [0.05, 0.1) is 19.7 Å². The number of methoxy groups -OCH3 is 1. The van der Waals surface area contributed by atoms with E-state index in [1.807, 2.05) is 30.1 Å². The van der Waals surface area contributed by atoms with Gasteiger partial charge in [-0.15, -0.1) is 0 Å². The minimum Gasteiger partial charge on any atom is -0.496 e. The highest BCUT2D eigenvalue weighted by Crippen LogP contribution is 2.17. The zero-order valence-electron chi connectivity index (χ0n) is 9.23. The van der Waals surface area contributed by atoms with E-state index >= 15 is 0 Å². The molecule has 0 aromatic heterocycles. The van der Waals surface area contributed by atoms with E-state index in [0.717, 1.165) is 18.7 Å². The topological polar surface area (TPSA) is 36.3 Å². The molecule has 0 heterocycles. The van der Waals surface area contributed by atoms with Crippen molar-refractivity contribution in [3.05, 3.63) is 29.8 Å². The van der Waals surface area contributed by atoms with Crippen molar-refractivity contribution in [3.8, 4) is 11.8 Å². The van der Waals surface area contributed by atoms with Gasteiger partial charge in [-0.3, -0.25) is 4.90 Å². The average molecular weight is 204 g/mol. The summed E-state index contributed by atoms with van der Waals surface area (Å²) in [7, 11) is 3.62. The molecule has 0 aliphatic heterocycles. The summed E-state index contributed by atoms with van der Waals surface area (Å²) in [5.41, 5.74) is 1.18. The quantitative estimate of drug-likeness (QED) is 0.685. The van der Waals surface area contributed by atoms with Crippen LogP contribution in [0.5, 0.6) is 5.75 Å². The van der Waals surface area contributed by atoms with Gasteiger partial charge in [0.15, 0.2) is 0 Å². The lowest BCUT2D eigenvalue weighted by atomic mass is 10.1. The number of hydrogen-bond acceptors (Lipinski definition) is 3. The molecule has 0 amide bonds. The fourth-order valence-corrected chi connectivity index (χ4v) is 1.42. The van der Waals surface area contributed by atoms with Gasteiger partial charge >= 0.3 is 0 Å². The number of nitriles is 1. The summed E-state index contributed by atoms with van der Waals surface area (Å²) < 4.78 is 5.25. The van der Waals surface area contributed by atoms with Gasteiger partial charge in [-0.05, 0) is 25.1 Å². The molecule has 80 valence electrons.